The third-order valence-corrected chi connectivity index (χ3v) is 3.82. The molecule has 0 fully saturated rings. The smallest absolute Gasteiger partial charge is 0.326 e. The molecule has 0 radical (unpaired) electrons. The molecule has 28 heavy (non-hydrogen) atoms. The molecule has 0 saturated heterocycles. The van der Waals surface area contributed by atoms with Crippen molar-refractivity contribution in [3.05, 3.63) is 59.7 Å². The van der Waals surface area contributed by atoms with Gasteiger partial charge in [-0.25, -0.2) is 0 Å². The maximum atomic E-state index is 12.0. The average Bonchev–Trinajstić information content (AvgIpc) is 2.72. The van der Waals surface area contributed by atoms with Gasteiger partial charge in [0.1, 0.15) is 5.88 Å². The predicted molar refractivity (Wildman–Crippen MR) is 107 cm³/mol. The highest BCUT2D eigenvalue weighted by Crippen LogP contribution is 2.29. The summed E-state index contributed by atoms with van der Waals surface area (Å²) in [5, 5.41) is 9.58. The molecule has 0 atom stereocenters. The molecule has 0 bridgehead atoms. The second-order valence-corrected chi connectivity index (χ2v) is 5.79. The number of carbonyl (C=O) groups is 2. The van der Waals surface area contributed by atoms with Crippen LogP contribution >= 0.6 is 11.6 Å². The van der Waals surface area contributed by atoms with Crippen LogP contribution in [0.4, 0.5) is 0 Å². The number of halogens is 1. The van der Waals surface area contributed by atoms with E-state index in [1.54, 1.807) is 42.5 Å². The van der Waals surface area contributed by atoms with Crippen LogP contribution in [0.2, 0.25) is 0 Å². The number of allylic oxidation sites excluding steroid dienone is 2. The van der Waals surface area contributed by atoms with E-state index < -0.39 is 5.97 Å². The summed E-state index contributed by atoms with van der Waals surface area (Å²) >= 11 is 5.42. The summed E-state index contributed by atoms with van der Waals surface area (Å²) in [6.07, 6.45) is 6.02. The second kappa shape index (κ2) is 10.2. The van der Waals surface area contributed by atoms with E-state index >= 15 is 0 Å². The van der Waals surface area contributed by atoms with E-state index in [1.165, 1.54) is 32.4 Å². The van der Waals surface area contributed by atoms with Crippen molar-refractivity contribution in [3.63, 3.8) is 0 Å². The van der Waals surface area contributed by atoms with Gasteiger partial charge >= 0.3 is 5.97 Å². The van der Waals surface area contributed by atoms with Gasteiger partial charge in [-0.1, -0.05) is 24.3 Å². The number of ether oxygens (including phenoxy) is 3. The van der Waals surface area contributed by atoms with Crippen molar-refractivity contribution in [3.8, 4) is 23.0 Å². The van der Waals surface area contributed by atoms with E-state index in [2.05, 4.69) is 0 Å². The van der Waals surface area contributed by atoms with Crippen LogP contribution < -0.4 is 14.2 Å². The molecule has 1 N–H and O–H groups in total. The predicted octanol–water partition coefficient (Wildman–Crippen LogP) is 3.85. The maximum Gasteiger partial charge on any atom is 0.326 e. The fourth-order valence-corrected chi connectivity index (χ4v) is 2.29. The van der Waals surface area contributed by atoms with Crippen LogP contribution in [0.3, 0.4) is 0 Å². The second-order valence-electron chi connectivity index (χ2n) is 5.52. The number of esters is 1. The van der Waals surface area contributed by atoms with Crippen LogP contribution in [0.1, 0.15) is 11.1 Å². The zero-order valence-corrected chi connectivity index (χ0v) is 16.1. The largest absolute Gasteiger partial charge is 0.504 e. The Bertz CT molecular complexity index is 917. The van der Waals surface area contributed by atoms with Crippen molar-refractivity contribution in [1.29, 1.82) is 0 Å². The van der Waals surface area contributed by atoms with Crippen LogP contribution in [0.15, 0.2) is 48.6 Å². The zero-order valence-electron chi connectivity index (χ0n) is 15.3. The first kappa shape index (κ1) is 21.1. The van der Waals surface area contributed by atoms with E-state index in [0.717, 1.165) is 0 Å². The Balaban J connectivity index is 2.08. The summed E-state index contributed by atoms with van der Waals surface area (Å²) in [5.74, 6) is -0.138. The molecular weight excluding hydrogens is 384 g/mol. The molecular formula is C21H19ClO6. The van der Waals surface area contributed by atoms with Gasteiger partial charge in [0.05, 0.1) is 14.2 Å². The van der Waals surface area contributed by atoms with Gasteiger partial charge in [0, 0.05) is 0 Å². The molecule has 2 rings (SSSR count). The van der Waals surface area contributed by atoms with Gasteiger partial charge in [0.25, 0.3) is 0 Å². The Morgan fingerprint density at radius 2 is 1.50 bits per heavy atom. The number of hydrogen-bond acceptors (Lipinski definition) is 6. The molecule has 0 heterocycles. The monoisotopic (exact) mass is 402 g/mol. The van der Waals surface area contributed by atoms with Crippen LogP contribution in [0.5, 0.6) is 23.0 Å². The van der Waals surface area contributed by atoms with Gasteiger partial charge in [-0.05, 0) is 47.5 Å². The van der Waals surface area contributed by atoms with Crippen molar-refractivity contribution >= 4 is 35.5 Å². The van der Waals surface area contributed by atoms with Crippen molar-refractivity contribution < 1.29 is 28.9 Å². The summed E-state index contributed by atoms with van der Waals surface area (Å²) in [7, 11) is 2.90. The Kier molecular flexibility index (Phi) is 7.65. The molecule has 2 aromatic rings. The average molecular weight is 403 g/mol. The number of phenols is 1. The summed E-state index contributed by atoms with van der Waals surface area (Å²) in [6.45, 7) is 0. The normalized spacial score (nSPS) is 11.0. The first-order valence-electron chi connectivity index (χ1n) is 8.18. The van der Waals surface area contributed by atoms with E-state index in [9.17, 15) is 14.7 Å². The summed E-state index contributed by atoms with van der Waals surface area (Å²) in [4.78, 5) is 23.3. The van der Waals surface area contributed by atoms with Gasteiger partial charge in [0.15, 0.2) is 28.8 Å². The van der Waals surface area contributed by atoms with E-state index in [0.29, 0.717) is 22.6 Å². The van der Waals surface area contributed by atoms with Crippen molar-refractivity contribution in [2.75, 3.05) is 20.1 Å². The maximum absolute atomic E-state index is 12.0. The quantitative estimate of drug-likeness (QED) is 0.312. The fraction of sp³-hybridized carbons (Fsp3) is 0.143. The van der Waals surface area contributed by atoms with Gasteiger partial charge in [-0.3, -0.25) is 9.59 Å². The standard InChI is InChI=1S/C21H19ClO6/c1-26-19-11-14(5-9-17(19)24)3-7-16(23)8-4-15-6-10-18(20(12-15)27-2)28-21(25)13-22/h3-12,24H,13H2,1-2H3/b7-3+,8-4+. The molecule has 6 nitrogen and oxygen atoms in total. The summed E-state index contributed by atoms with van der Waals surface area (Å²) in [5.41, 5.74) is 1.40. The number of carbonyl (C=O) groups excluding carboxylic acids is 2. The molecule has 0 aliphatic carbocycles. The number of rotatable bonds is 8. The minimum Gasteiger partial charge on any atom is -0.504 e. The lowest BCUT2D eigenvalue weighted by molar-refractivity contribution is -0.131. The molecule has 0 amide bonds. The SMILES string of the molecule is COc1cc(/C=C/C(=O)/C=C/c2ccc(OC(=O)CCl)c(OC)c2)ccc1O. The molecule has 0 unspecified atom stereocenters. The number of hydrogen-bond donors (Lipinski definition) is 1. The molecule has 0 aromatic heterocycles. The highest BCUT2D eigenvalue weighted by molar-refractivity contribution is 6.26. The van der Waals surface area contributed by atoms with Crippen LogP contribution in [-0.4, -0.2) is 37.0 Å². The van der Waals surface area contributed by atoms with E-state index in [4.69, 9.17) is 25.8 Å². The molecule has 0 spiro atoms. The van der Waals surface area contributed by atoms with Crippen LogP contribution in [-0.2, 0) is 9.59 Å². The minimum absolute atomic E-state index is 0.0278. The van der Waals surface area contributed by atoms with Crippen molar-refractivity contribution in [1.82, 2.24) is 0 Å². The van der Waals surface area contributed by atoms with Gasteiger partial charge in [-0.2, -0.15) is 0 Å². The number of methoxy groups -OCH3 is 2. The third kappa shape index (κ3) is 5.89. The van der Waals surface area contributed by atoms with Crippen LogP contribution in [0, 0.1) is 0 Å². The third-order valence-electron chi connectivity index (χ3n) is 3.60. The molecule has 0 aliphatic heterocycles. The lowest BCUT2D eigenvalue weighted by Crippen LogP contribution is -2.09. The number of ketones is 1. The Hall–Kier alpha value is -3.25. The van der Waals surface area contributed by atoms with E-state index in [1.807, 2.05) is 0 Å². The molecule has 146 valence electrons. The first-order valence-corrected chi connectivity index (χ1v) is 8.72. The Labute approximate surface area is 167 Å². The van der Waals surface area contributed by atoms with Crippen molar-refractivity contribution in [2.24, 2.45) is 0 Å². The van der Waals surface area contributed by atoms with E-state index in [-0.39, 0.29) is 23.2 Å². The summed E-state index contributed by atoms with van der Waals surface area (Å²) in [6, 6.07) is 9.65. The lowest BCUT2D eigenvalue weighted by Gasteiger charge is -2.08. The number of benzene rings is 2. The number of aromatic hydroxyl groups is 1. The topological polar surface area (TPSA) is 82.1 Å². The van der Waals surface area contributed by atoms with Gasteiger partial charge in [0.2, 0.25) is 0 Å². The lowest BCUT2D eigenvalue weighted by atomic mass is 10.1. The van der Waals surface area contributed by atoms with Crippen molar-refractivity contribution in [2.45, 2.75) is 0 Å². The summed E-state index contributed by atoms with van der Waals surface area (Å²) < 4.78 is 15.3. The van der Waals surface area contributed by atoms with Gasteiger partial charge in [-0.15, -0.1) is 11.6 Å². The Morgan fingerprint density at radius 1 is 0.929 bits per heavy atom. The number of phenolic OH excluding ortho intramolecular Hbond substituents is 1. The minimum atomic E-state index is -0.588. The Morgan fingerprint density at radius 3 is 2.07 bits per heavy atom. The molecule has 7 heteroatoms. The molecule has 0 aliphatic rings. The first-order chi connectivity index (χ1) is 13.5. The fourth-order valence-electron chi connectivity index (χ4n) is 2.23. The number of alkyl halides is 1. The molecule has 0 saturated carbocycles. The molecule has 2 aromatic carbocycles. The highest BCUT2D eigenvalue weighted by Gasteiger charge is 2.09. The highest BCUT2D eigenvalue weighted by atomic mass is 35.5. The van der Waals surface area contributed by atoms with Crippen LogP contribution in [0.25, 0.3) is 12.2 Å². The zero-order chi connectivity index (χ0) is 20.5. The van der Waals surface area contributed by atoms with Gasteiger partial charge < -0.3 is 19.3 Å².